The lowest BCUT2D eigenvalue weighted by atomic mass is 9.93. The Labute approximate surface area is 187 Å². The van der Waals surface area contributed by atoms with Gasteiger partial charge in [0.25, 0.3) is 11.8 Å². The third-order valence-corrected chi connectivity index (χ3v) is 6.01. The minimum atomic E-state index is -1.07. The Morgan fingerprint density at radius 1 is 1.28 bits per heavy atom. The van der Waals surface area contributed by atoms with Crippen molar-refractivity contribution in [1.29, 1.82) is 0 Å². The molecule has 2 aromatic rings. The first kappa shape index (κ1) is 22.0. The number of rotatable bonds is 8. The molecule has 2 aliphatic rings. The van der Waals surface area contributed by atoms with Gasteiger partial charge in [-0.25, -0.2) is 4.98 Å². The summed E-state index contributed by atoms with van der Waals surface area (Å²) < 4.78 is 6.58. The fourth-order valence-corrected chi connectivity index (χ4v) is 4.27. The zero-order chi connectivity index (χ0) is 22.9. The molecule has 1 fully saturated rings. The zero-order valence-corrected chi connectivity index (χ0v) is 18.7. The first-order valence-electron chi connectivity index (χ1n) is 10.8. The highest BCUT2D eigenvalue weighted by Gasteiger charge is 2.53. The van der Waals surface area contributed by atoms with Gasteiger partial charge in [0.2, 0.25) is 5.91 Å². The van der Waals surface area contributed by atoms with Crippen LogP contribution in [0.2, 0.25) is 0 Å². The van der Waals surface area contributed by atoms with Gasteiger partial charge >= 0.3 is 0 Å². The van der Waals surface area contributed by atoms with Crippen LogP contribution in [0.1, 0.15) is 51.9 Å². The minimum Gasteiger partial charge on any atom is -0.383 e. The highest BCUT2D eigenvalue weighted by molar-refractivity contribution is 6.07. The van der Waals surface area contributed by atoms with Crippen molar-refractivity contribution in [3.63, 3.8) is 0 Å². The molecule has 170 valence electrons. The van der Waals surface area contributed by atoms with Crippen molar-refractivity contribution in [2.75, 3.05) is 20.3 Å². The fourth-order valence-electron chi connectivity index (χ4n) is 4.27. The number of hydrogen-bond acceptors (Lipinski definition) is 5. The number of ether oxygens (including phenoxy) is 1. The second-order valence-corrected chi connectivity index (χ2v) is 8.67. The normalized spacial score (nSPS) is 20.1. The van der Waals surface area contributed by atoms with E-state index in [0.717, 1.165) is 24.0 Å². The molecule has 0 saturated heterocycles. The van der Waals surface area contributed by atoms with E-state index in [4.69, 9.17) is 4.74 Å². The van der Waals surface area contributed by atoms with Crippen molar-refractivity contribution in [3.05, 3.63) is 53.1 Å². The van der Waals surface area contributed by atoms with Crippen LogP contribution in [-0.4, -0.2) is 64.0 Å². The van der Waals surface area contributed by atoms with Gasteiger partial charge in [-0.05, 0) is 32.3 Å². The molecule has 9 nitrogen and oxygen atoms in total. The van der Waals surface area contributed by atoms with Gasteiger partial charge in [0, 0.05) is 26.2 Å². The number of nitrogens with one attached hydrogen (secondary N) is 2. The molecule has 1 aromatic carbocycles. The molecular weight excluding hydrogens is 410 g/mol. The third-order valence-electron chi connectivity index (χ3n) is 6.01. The lowest BCUT2D eigenvalue weighted by Crippen LogP contribution is -2.64. The summed E-state index contributed by atoms with van der Waals surface area (Å²) in [7, 11) is 1.55. The number of carbonyl (C=O) groups is 3. The molecule has 2 N–H and O–H groups in total. The number of amides is 3. The van der Waals surface area contributed by atoms with E-state index in [1.807, 2.05) is 31.2 Å². The summed E-state index contributed by atoms with van der Waals surface area (Å²) in [4.78, 5) is 45.3. The molecule has 2 heterocycles. The molecule has 0 radical (unpaired) electrons. The van der Waals surface area contributed by atoms with Crippen LogP contribution < -0.4 is 10.6 Å². The van der Waals surface area contributed by atoms with Crippen molar-refractivity contribution in [2.45, 2.75) is 51.4 Å². The quantitative estimate of drug-likeness (QED) is 0.603. The van der Waals surface area contributed by atoms with Crippen LogP contribution in [0.4, 0.5) is 0 Å². The van der Waals surface area contributed by atoms with Crippen LogP contribution in [-0.2, 0) is 22.6 Å². The maximum absolute atomic E-state index is 13.5. The molecule has 1 atom stereocenters. The number of fused-ring (bicyclic) bond motifs is 1. The summed E-state index contributed by atoms with van der Waals surface area (Å²) in [5.41, 5.74) is 1.37. The number of aromatic nitrogens is 2. The van der Waals surface area contributed by atoms with Gasteiger partial charge < -0.3 is 24.8 Å². The highest BCUT2D eigenvalue weighted by atomic mass is 16.5. The molecule has 32 heavy (non-hydrogen) atoms. The van der Waals surface area contributed by atoms with Crippen LogP contribution in [0.25, 0.3) is 0 Å². The molecule has 3 amide bonds. The van der Waals surface area contributed by atoms with Gasteiger partial charge in [-0.3, -0.25) is 14.4 Å². The predicted octanol–water partition coefficient (Wildman–Crippen LogP) is 1.26. The Hall–Kier alpha value is -3.20. The summed E-state index contributed by atoms with van der Waals surface area (Å²) >= 11 is 0. The van der Waals surface area contributed by atoms with E-state index in [0.29, 0.717) is 19.7 Å². The first-order chi connectivity index (χ1) is 15.3. The van der Waals surface area contributed by atoms with Crippen molar-refractivity contribution < 1.29 is 19.1 Å². The summed E-state index contributed by atoms with van der Waals surface area (Å²) in [5.74, 6) is -0.974. The van der Waals surface area contributed by atoms with Crippen LogP contribution in [0.5, 0.6) is 0 Å². The second kappa shape index (κ2) is 8.74. The molecule has 4 rings (SSSR count). The van der Waals surface area contributed by atoms with Crippen LogP contribution in [0, 0.1) is 6.92 Å². The molecule has 1 aliphatic carbocycles. The lowest BCUT2D eigenvalue weighted by Gasteiger charge is -2.44. The van der Waals surface area contributed by atoms with Crippen molar-refractivity contribution in [3.8, 4) is 0 Å². The number of benzene rings is 1. The first-order valence-corrected chi connectivity index (χ1v) is 10.8. The van der Waals surface area contributed by atoms with Gasteiger partial charge in [-0.15, -0.1) is 0 Å². The van der Waals surface area contributed by atoms with Gasteiger partial charge in [0.05, 0.1) is 19.5 Å². The van der Waals surface area contributed by atoms with Crippen LogP contribution >= 0.6 is 0 Å². The Bertz CT molecular complexity index is 1040. The number of imidazole rings is 1. The van der Waals surface area contributed by atoms with Gasteiger partial charge in [-0.1, -0.05) is 29.8 Å². The maximum Gasteiger partial charge on any atom is 0.274 e. The summed E-state index contributed by atoms with van der Waals surface area (Å²) in [6, 6.07) is 7.93. The second-order valence-electron chi connectivity index (χ2n) is 8.67. The van der Waals surface area contributed by atoms with E-state index in [1.54, 1.807) is 23.5 Å². The minimum absolute atomic E-state index is 0.00901. The van der Waals surface area contributed by atoms with Gasteiger partial charge in [0.15, 0.2) is 5.69 Å². The van der Waals surface area contributed by atoms with Crippen molar-refractivity contribution in [2.24, 2.45) is 0 Å². The van der Waals surface area contributed by atoms with E-state index in [9.17, 15) is 14.4 Å². The molecular formula is C23H29N5O4. The molecule has 0 bridgehead atoms. The molecule has 1 saturated carbocycles. The number of aryl methyl sites for hydroxylation is 1. The monoisotopic (exact) mass is 439 g/mol. The summed E-state index contributed by atoms with van der Waals surface area (Å²) in [6.07, 6.45) is 3.15. The topological polar surface area (TPSA) is 106 Å². The molecule has 1 aliphatic heterocycles. The molecule has 1 aromatic heterocycles. The summed E-state index contributed by atoms with van der Waals surface area (Å²) in [6.45, 7) is 5.10. The Balaban J connectivity index is 1.57. The molecule has 9 heteroatoms. The standard InChI is InChI=1S/C23H29N5O4/c1-15-5-4-6-16(11-15)12-25-22(31)23(2)13-27-14-26-18(20(29)24-9-10-32-3)19(27)21(30)28(23)17-7-8-17/h4-6,11,14,17H,7-10,12-13H2,1-3H3,(H,24,29)(H,25,31)/t23-/m1/s1. The number of nitrogens with zero attached hydrogens (tertiary/aromatic N) is 3. The SMILES string of the molecule is COCCNC(=O)c1ncn2c1C(=O)N(C1CC1)[C@@](C)(C(=O)NCc1cccc(C)c1)C2. The van der Waals surface area contributed by atoms with Crippen molar-refractivity contribution >= 4 is 17.7 Å². The van der Waals surface area contributed by atoms with E-state index >= 15 is 0 Å². The third kappa shape index (κ3) is 4.12. The maximum atomic E-state index is 13.5. The fraction of sp³-hybridized carbons (Fsp3) is 0.478. The Morgan fingerprint density at radius 2 is 2.06 bits per heavy atom. The lowest BCUT2D eigenvalue weighted by molar-refractivity contribution is -0.133. The molecule has 0 spiro atoms. The highest BCUT2D eigenvalue weighted by Crippen LogP contribution is 2.38. The van der Waals surface area contributed by atoms with E-state index in [2.05, 4.69) is 15.6 Å². The van der Waals surface area contributed by atoms with E-state index < -0.39 is 11.4 Å². The number of methoxy groups -OCH3 is 1. The van der Waals surface area contributed by atoms with Gasteiger partial charge in [0.1, 0.15) is 11.2 Å². The Kier molecular flexibility index (Phi) is 6.01. The number of hydrogen-bond donors (Lipinski definition) is 2. The molecule has 0 unspecified atom stereocenters. The number of carbonyl (C=O) groups excluding carboxylic acids is 3. The van der Waals surface area contributed by atoms with E-state index in [-0.39, 0.29) is 35.8 Å². The largest absolute Gasteiger partial charge is 0.383 e. The van der Waals surface area contributed by atoms with E-state index in [1.165, 1.54) is 6.33 Å². The average Bonchev–Trinajstić information content (AvgIpc) is 3.50. The van der Waals surface area contributed by atoms with Crippen LogP contribution in [0.3, 0.4) is 0 Å². The smallest absolute Gasteiger partial charge is 0.274 e. The van der Waals surface area contributed by atoms with Gasteiger partial charge in [-0.2, -0.15) is 0 Å². The van der Waals surface area contributed by atoms with Crippen LogP contribution in [0.15, 0.2) is 30.6 Å². The Morgan fingerprint density at radius 3 is 2.75 bits per heavy atom. The average molecular weight is 440 g/mol. The predicted molar refractivity (Wildman–Crippen MR) is 117 cm³/mol. The zero-order valence-electron chi connectivity index (χ0n) is 18.7. The van der Waals surface area contributed by atoms with Crippen molar-refractivity contribution in [1.82, 2.24) is 25.1 Å². The summed E-state index contributed by atoms with van der Waals surface area (Å²) in [5, 5.41) is 5.72.